The van der Waals surface area contributed by atoms with Crippen LogP contribution in [0, 0.1) is 5.92 Å². The molecule has 0 bridgehead atoms. The van der Waals surface area contributed by atoms with E-state index in [-0.39, 0.29) is 30.3 Å². The molecular weight excluding hydrogens is 422 g/mol. The second-order valence-corrected chi connectivity index (χ2v) is 8.94. The van der Waals surface area contributed by atoms with Gasteiger partial charge >= 0.3 is 0 Å². The molecule has 1 aliphatic carbocycles. The summed E-state index contributed by atoms with van der Waals surface area (Å²) in [6.45, 7) is 0.804. The predicted molar refractivity (Wildman–Crippen MR) is 118 cm³/mol. The topological polar surface area (TPSA) is 62.2 Å². The number of carbonyl (C=O) groups excluding carboxylic acids is 2. The number of carbonyl (C=O) groups is 2. The number of halogens is 1. The van der Waals surface area contributed by atoms with Crippen molar-refractivity contribution in [1.82, 2.24) is 9.91 Å². The van der Waals surface area contributed by atoms with E-state index in [1.807, 2.05) is 41.8 Å². The van der Waals surface area contributed by atoms with Crippen LogP contribution < -0.4 is 0 Å². The molecule has 1 aliphatic heterocycles. The molecule has 2 amide bonds. The zero-order chi connectivity index (χ0) is 21.1. The fraction of sp³-hybridized carbons (Fsp3) is 0.409. The highest BCUT2D eigenvalue weighted by Gasteiger charge is 2.37. The molecule has 0 saturated heterocycles. The molecule has 0 N–H and O–H groups in total. The molecule has 1 fully saturated rings. The molecule has 1 aromatic heterocycles. The summed E-state index contributed by atoms with van der Waals surface area (Å²) in [4.78, 5) is 28.6. The first kappa shape index (κ1) is 21.0. The number of hydrogen-bond donors (Lipinski definition) is 0. The minimum atomic E-state index is -0.216. The van der Waals surface area contributed by atoms with Crippen LogP contribution in [0.4, 0.5) is 0 Å². The van der Waals surface area contributed by atoms with Gasteiger partial charge in [0, 0.05) is 31.0 Å². The van der Waals surface area contributed by atoms with E-state index in [0.29, 0.717) is 24.6 Å². The zero-order valence-electron chi connectivity index (χ0n) is 16.8. The van der Waals surface area contributed by atoms with Crippen molar-refractivity contribution in [2.45, 2.75) is 25.3 Å². The minimum absolute atomic E-state index is 0.00397. The van der Waals surface area contributed by atoms with E-state index in [0.717, 1.165) is 29.0 Å². The smallest absolute Gasteiger partial charge is 0.262 e. The van der Waals surface area contributed by atoms with Crippen molar-refractivity contribution < 1.29 is 14.3 Å². The number of nitrogens with zero attached hydrogens (tertiary/aromatic N) is 3. The van der Waals surface area contributed by atoms with Crippen molar-refractivity contribution >= 4 is 40.5 Å². The first-order valence-corrected chi connectivity index (χ1v) is 11.3. The van der Waals surface area contributed by atoms with Crippen molar-refractivity contribution in [2.24, 2.45) is 11.0 Å². The predicted octanol–water partition coefficient (Wildman–Crippen LogP) is 3.96. The number of rotatable bonds is 8. The van der Waals surface area contributed by atoms with Gasteiger partial charge in [0.15, 0.2) is 0 Å². The molecule has 1 atom stereocenters. The Hall–Kier alpha value is -2.22. The Bertz CT molecular complexity index is 926. The number of methoxy groups -OCH3 is 1. The Morgan fingerprint density at radius 1 is 1.27 bits per heavy atom. The highest BCUT2D eigenvalue weighted by atomic mass is 35.5. The van der Waals surface area contributed by atoms with Crippen LogP contribution in [0.25, 0.3) is 0 Å². The summed E-state index contributed by atoms with van der Waals surface area (Å²) in [7, 11) is 1.59. The van der Waals surface area contributed by atoms with Gasteiger partial charge in [0.25, 0.3) is 5.91 Å². The van der Waals surface area contributed by atoms with Crippen LogP contribution in [-0.4, -0.2) is 54.2 Å². The van der Waals surface area contributed by atoms with Gasteiger partial charge < -0.3 is 9.64 Å². The van der Waals surface area contributed by atoms with Gasteiger partial charge in [-0.15, -0.1) is 11.3 Å². The molecule has 1 aromatic carbocycles. The Balaban J connectivity index is 1.57. The van der Waals surface area contributed by atoms with Crippen LogP contribution in [-0.2, 0) is 14.3 Å². The number of amides is 2. The van der Waals surface area contributed by atoms with E-state index < -0.39 is 0 Å². The van der Waals surface area contributed by atoms with Crippen molar-refractivity contribution in [3.63, 3.8) is 0 Å². The van der Waals surface area contributed by atoms with E-state index in [4.69, 9.17) is 16.3 Å². The number of ether oxygens (including phenoxy) is 1. The molecule has 1 saturated carbocycles. The van der Waals surface area contributed by atoms with Crippen LogP contribution in [0.15, 0.2) is 46.9 Å². The SMILES string of the molecule is COCCN(CC(=O)N1N=C(c2cccs2)C[C@H]1c1ccc(Cl)cc1)C(=O)C1CC1. The van der Waals surface area contributed by atoms with Gasteiger partial charge in [-0.3, -0.25) is 9.59 Å². The largest absolute Gasteiger partial charge is 0.383 e. The molecule has 4 rings (SSSR count). The molecule has 2 aliphatic rings. The molecule has 0 spiro atoms. The second kappa shape index (κ2) is 9.29. The molecule has 158 valence electrons. The van der Waals surface area contributed by atoms with Gasteiger partial charge in [-0.1, -0.05) is 29.8 Å². The molecule has 0 unspecified atom stereocenters. The molecule has 2 aromatic rings. The average Bonchev–Trinajstić information content (AvgIpc) is 3.26. The number of thiophene rings is 1. The lowest BCUT2D eigenvalue weighted by molar-refractivity contribution is -0.142. The Labute approximate surface area is 185 Å². The third-order valence-corrected chi connectivity index (χ3v) is 6.53. The van der Waals surface area contributed by atoms with E-state index in [9.17, 15) is 9.59 Å². The van der Waals surface area contributed by atoms with Gasteiger partial charge in [-0.2, -0.15) is 5.10 Å². The van der Waals surface area contributed by atoms with E-state index in [2.05, 4.69) is 5.10 Å². The highest BCUT2D eigenvalue weighted by molar-refractivity contribution is 7.12. The maximum absolute atomic E-state index is 13.3. The summed E-state index contributed by atoms with van der Waals surface area (Å²) in [6.07, 6.45) is 2.42. The van der Waals surface area contributed by atoms with Crippen molar-refractivity contribution in [2.75, 3.05) is 26.8 Å². The summed E-state index contributed by atoms with van der Waals surface area (Å²) >= 11 is 7.66. The first-order chi connectivity index (χ1) is 14.6. The quantitative estimate of drug-likeness (QED) is 0.617. The molecule has 2 heterocycles. The van der Waals surface area contributed by atoms with E-state index in [1.165, 1.54) is 5.01 Å². The van der Waals surface area contributed by atoms with Crippen molar-refractivity contribution in [1.29, 1.82) is 0 Å². The summed E-state index contributed by atoms with van der Waals surface area (Å²) in [6, 6.07) is 11.3. The first-order valence-electron chi connectivity index (χ1n) is 10.0. The molecular formula is C22H24ClN3O3S. The lowest BCUT2D eigenvalue weighted by Crippen LogP contribution is -2.43. The fourth-order valence-corrected chi connectivity index (χ4v) is 4.42. The van der Waals surface area contributed by atoms with Crippen LogP contribution in [0.2, 0.25) is 5.02 Å². The average molecular weight is 446 g/mol. The Morgan fingerprint density at radius 3 is 2.67 bits per heavy atom. The van der Waals surface area contributed by atoms with Gasteiger partial charge in [0.2, 0.25) is 5.91 Å². The molecule has 0 radical (unpaired) electrons. The van der Waals surface area contributed by atoms with Crippen molar-refractivity contribution in [3.05, 3.63) is 57.2 Å². The lowest BCUT2D eigenvalue weighted by atomic mass is 10.0. The van der Waals surface area contributed by atoms with Gasteiger partial charge in [0.1, 0.15) is 6.54 Å². The van der Waals surface area contributed by atoms with Gasteiger partial charge in [0.05, 0.1) is 23.2 Å². The fourth-order valence-electron chi connectivity index (χ4n) is 3.57. The van der Waals surface area contributed by atoms with E-state index >= 15 is 0 Å². The number of hydrazone groups is 1. The van der Waals surface area contributed by atoms with E-state index in [1.54, 1.807) is 23.3 Å². The number of benzene rings is 1. The maximum Gasteiger partial charge on any atom is 0.262 e. The summed E-state index contributed by atoms with van der Waals surface area (Å²) < 4.78 is 5.14. The Morgan fingerprint density at radius 2 is 2.03 bits per heavy atom. The van der Waals surface area contributed by atoms with Crippen LogP contribution in [0.3, 0.4) is 0 Å². The van der Waals surface area contributed by atoms with Crippen LogP contribution in [0.5, 0.6) is 0 Å². The van der Waals surface area contributed by atoms with Crippen molar-refractivity contribution in [3.8, 4) is 0 Å². The molecule has 30 heavy (non-hydrogen) atoms. The van der Waals surface area contributed by atoms with Crippen LogP contribution in [0.1, 0.15) is 35.7 Å². The summed E-state index contributed by atoms with van der Waals surface area (Å²) in [5, 5.41) is 8.86. The highest BCUT2D eigenvalue weighted by Crippen LogP contribution is 2.35. The normalized spacial score (nSPS) is 18.4. The molecule has 8 heteroatoms. The lowest BCUT2D eigenvalue weighted by Gasteiger charge is -2.27. The summed E-state index contributed by atoms with van der Waals surface area (Å²) in [5.41, 5.74) is 1.86. The molecule has 6 nitrogen and oxygen atoms in total. The zero-order valence-corrected chi connectivity index (χ0v) is 18.4. The van der Waals surface area contributed by atoms with Crippen LogP contribution >= 0.6 is 22.9 Å². The Kier molecular flexibility index (Phi) is 6.51. The van der Waals surface area contributed by atoms with Gasteiger partial charge in [-0.25, -0.2) is 5.01 Å². The maximum atomic E-state index is 13.3. The summed E-state index contributed by atoms with van der Waals surface area (Å²) in [5.74, 6) is -0.109. The third kappa shape index (κ3) is 4.74. The monoisotopic (exact) mass is 445 g/mol. The second-order valence-electron chi connectivity index (χ2n) is 7.56. The minimum Gasteiger partial charge on any atom is -0.383 e. The standard InChI is InChI=1S/C22H24ClN3O3S/c1-29-11-10-25(22(28)16-4-5-16)14-21(27)26-19(15-6-8-17(23)9-7-15)13-18(24-26)20-3-2-12-30-20/h2-3,6-9,12,16,19H,4-5,10-11,13-14H2,1H3/t19-/m0/s1. The third-order valence-electron chi connectivity index (χ3n) is 5.36. The van der Waals surface area contributed by atoms with Gasteiger partial charge in [-0.05, 0) is 42.0 Å². The number of hydrogen-bond acceptors (Lipinski definition) is 5.